The highest BCUT2D eigenvalue weighted by Crippen LogP contribution is 2.27. The lowest BCUT2D eigenvalue weighted by Crippen LogP contribution is -2.46. The second-order valence-corrected chi connectivity index (χ2v) is 7.18. The van der Waals surface area contributed by atoms with Crippen LogP contribution >= 0.6 is 0 Å². The van der Waals surface area contributed by atoms with Crippen molar-refractivity contribution < 1.29 is 14.0 Å². The van der Waals surface area contributed by atoms with E-state index in [1.54, 1.807) is 7.11 Å². The molecule has 2 aliphatic heterocycles. The molecule has 4 heterocycles. The Bertz CT molecular complexity index is 981. The lowest BCUT2D eigenvalue weighted by molar-refractivity contribution is 0.102. The second-order valence-electron chi connectivity index (χ2n) is 7.18. The first-order chi connectivity index (χ1) is 13.8. The van der Waals surface area contributed by atoms with Gasteiger partial charge in [-0.05, 0) is 18.2 Å². The van der Waals surface area contributed by atoms with Crippen LogP contribution in [-0.4, -0.2) is 59.9 Å². The molecule has 0 amide bonds. The van der Waals surface area contributed by atoms with Crippen molar-refractivity contribution in [1.82, 2.24) is 20.0 Å². The van der Waals surface area contributed by atoms with Crippen molar-refractivity contribution in [2.45, 2.75) is 19.6 Å². The minimum absolute atomic E-state index is 0.614. The largest absolute Gasteiger partial charge is 0.480 e. The summed E-state index contributed by atoms with van der Waals surface area (Å²) < 4.78 is 16.4. The highest BCUT2D eigenvalue weighted by atomic mass is 16.5. The Kier molecular flexibility index (Phi) is 4.58. The number of aromatic nitrogens is 3. The molecule has 146 valence electrons. The minimum Gasteiger partial charge on any atom is -0.480 e. The molecule has 0 bridgehead atoms. The SMILES string of the molecule is COc1ncnc2ccc(N3CCN(Cc4noc5c4COCC5)CC3)cc12. The number of benzene rings is 1. The first-order valence-electron chi connectivity index (χ1n) is 9.62. The summed E-state index contributed by atoms with van der Waals surface area (Å²) in [7, 11) is 1.64. The van der Waals surface area contributed by atoms with Crippen LogP contribution in [0.5, 0.6) is 5.88 Å². The predicted octanol–water partition coefficient (Wildman–Crippen LogP) is 2.02. The van der Waals surface area contributed by atoms with Gasteiger partial charge in [0.1, 0.15) is 17.8 Å². The van der Waals surface area contributed by atoms with E-state index in [1.807, 2.05) is 6.07 Å². The molecule has 0 aliphatic carbocycles. The predicted molar refractivity (Wildman–Crippen MR) is 103 cm³/mol. The zero-order valence-electron chi connectivity index (χ0n) is 15.9. The van der Waals surface area contributed by atoms with Crippen molar-refractivity contribution in [3.05, 3.63) is 41.5 Å². The van der Waals surface area contributed by atoms with E-state index >= 15 is 0 Å². The molecule has 0 spiro atoms. The Morgan fingerprint density at radius 3 is 2.89 bits per heavy atom. The van der Waals surface area contributed by atoms with Crippen molar-refractivity contribution in [1.29, 1.82) is 0 Å². The molecule has 0 radical (unpaired) electrons. The Morgan fingerprint density at radius 2 is 2.04 bits per heavy atom. The van der Waals surface area contributed by atoms with Crippen LogP contribution in [0.1, 0.15) is 17.0 Å². The van der Waals surface area contributed by atoms with Crippen molar-refractivity contribution in [3.8, 4) is 5.88 Å². The molecule has 1 saturated heterocycles. The van der Waals surface area contributed by atoms with E-state index in [2.05, 4.69) is 37.1 Å². The third-order valence-electron chi connectivity index (χ3n) is 5.56. The molecule has 28 heavy (non-hydrogen) atoms. The normalized spacial score (nSPS) is 17.7. The average Bonchev–Trinajstić information content (AvgIpc) is 3.16. The lowest BCUT2D eigenvalue weighted by atomic mass is 10.1. The topological polar surface area (TPSA) is 76.8 Å². The smallest absolute Gasteiger partial charge is 0.224 e. The van der Waals surface area contributed by atoms with Gasteiger partial charge in [0.25, 0.3) is 0 Å². The van der Waals surface area contributed by atoms with Gasteiger partial charge in [0.2, 0.25) is 5.88 Å². The maximum absolute atomic E-state index is 5.57. The second kappa shape index (κ2) is 7.37. The van der Waals surface area contributed by atoms with E-state index < -0.39 is 0 Å². The summed E-state index contributed by atoms with van der Waals surface area (Å²) in [5.74, 6) is 1.61. The Morgan fingerprint density at radius 1 is 1.14 bits per heavy atom. The summed E-state index contributed by atoms with van der Waals surface area (Å²) in [4.78, 5) is 13.4. The number of methoxy groups -OCH3 is 1. The Balaban J connectivity index is 1.27. The number of nitrogens with zero attached hydrogens (tertiary/aromatic N) is 5. The molecule has 0 atom stereocenters. The van der Waals surface area contributed by atoms with E-state index in [4.69, 9.17) is 14.0 Å². The van der Waals surface area contributed by atoms with Crippen LogP contribution in [0.15, 0.2) is 29.0 Å². The van der Waals surface area contributed by atoms with Gasteiger partial charge in [0, 0.05) is 50.4 Å². The number of anilines is 1. The van der Waals surface area contributed by atoms with Crippen molar-refractivity contribution in [2.75, 3.05) is 44.8 Å². The molecule has 2 aromatic heterocycles. The van der Waals surface area contributed by atoms with Gasteiger partial charge in [-0.3, -0.25) is 4.90 Å². The third-order valence-corrected chi connectivity index (χ3v) is 5.56. The summed E-state index contributed by atoms with van der Waals surface area (Å²) >= 11 is 0. The van der Waals surface area contributed by atoms with Crippen LogP contribution in [0.2, 0.25) is 0 Å². The average molecular weight is 381 g/mol. The highest BCUT2D eigenvalue weighted by molar-refractivity contribution is 5.86. The van der Waals surface area contributed by atoms with E-state index in [9.17, 15) is 0 Å². The van der Waals surface area contributed by atoms with Crippen molar-refractivity contribution in [2.24, 2.45) is 0 Å². The summed E-state index contributed by atoms with van der Waals surface area (Å²) in [6, 6.07) is 6.27. The summed E-state index contributed by atoms with van der Waals surface area (Å²) in [6.07, 6.45) is 2.36. The monoisotopic (exact) mass is 381 g/mol. The number of hydrogen-bond acceptors (Lipinski definition) is 8. The maximum atomic E-state index is 5.57. The van der Waals surface area contributed by atoms with Gasteiger partial charge in [-0.2, -0.15) is 0 Å². The quantitative estimate of drug-likeness (QED) is 0.679. The maximum Gasteiger partial charge on any atom is 0.224 e. The molecule has 0 unspecified atom stereocenters. The summed E-state index contributed by atoms with van der Waals surface area (Å²) in [5, 5.41) is 5.23. The van der Waals surface area contributed by atoms with Gasteiger partial charge < -0.3 is 18.9 Å². The molecule has 1 fully saturated rings. The van der Waals surface area contributed by atoms with Gasteiger partial charge in [0.05, 0.1) is 31.2 Å². The fourth-order valence-corrected chi connectivity index (χ4v) is 3.96. The zero-order valence-corrected chi connectivity index (χ0v) is 15.9. The van der Waals surface area contributed by atoms with E-state index in [-0.39, 0.29) is 0 Å². The van der Waals surface area contributed by atoms with Gasteiger partial charge in [0.15, 0.2) is 0 Å². The van der Waals surface area contributed by atoms with E-state index in [1.165, 1.54) is 12.0 Å². The molecule has 3 aromatic rings. The summed E-state index contributed by atoms with van der Waals surface area (Å²) in [5.41, 5.74) is 4.24. The first-order valence-corrected chi connectivity index (χ1v) is 9.62. The van der Waals surface area contributed by atoms with E-state index in [0.29, 0.717) is 12.5 Å². The zero-order chi connectivity index (χ0) is 18.9. The molecule has 0 N–H and O–H groups in total. The molecular weight excluding hydrogens is 358 g/mol. The van der Waals surface area contributed by atoms with Crippen LogP contribution in [0.4, 0.5) is 5.69 Å². The molecule has 5 rings (SSSR count). The summed E-state index contributed by atoms with van der Waals surface area (Å²) in [6.45, 7) is 6.02. The first kappa shape index (κ1) is 17.4. The van der Waals surface area contributed by atoms with Crippen molar-refractivity contribution >= 4 is 16.6 Å². The van der Waals surface area contributed by atoms with Gasteiger partial charge in [-0.1, -0.05) is 5.16 Å². The minimum atomic E-state index is 0.614. The highest BCUT2D eigenvalue weighted by Gasteiger charge is 2.24. The molecule has 8 heteroatoms. The lowest BCUT2D eigenvalue weighted by Gasteiger charge is -2.36. The fourth-order valence-electron chi connectivity index (χ4n) is 3.96. The molecular formula is C20H23N5O3. The van der Waals surface area contributed by atoms with Crippen LogP contribution in [-0.2, 0) is 24.3 Å². The van der Waals surface area contributed by atoms with Gasteiger partial charge in [-0.25, -0.2) is 9.97 Å². The van der Waals surface area contributed by atoms with Crippen LogP contribution < -0.4 is 9.64 Å². The van der Waals surface area contributed by atoms with Crippen LogP contribution in [0.25, 0.3) is 10.9 Å². The fraction of sp³-hybridized carbons (Fsp3) is 0.450. The number of ether oxygens (including phenoxy) is 2. The third kappa shape index (κ3) is 3.18. The number of rotatable bonds is 4. The molecule has 8 nitrogen and oxygen atoms in total. The number of fused-ring (bicyclic) bond motifs is 2. The molecule has 2 aliphatic rings. The van der Waals surface area contributed by atoms with Gasteiger partial charge >= 0.3 is 0 Å². The van der Waals surface area contributed by atoms with Crippen LogP contribution in [0.3, 0.4) is 0 Å². The number of piperazine rings is 1. The molecule has 0 saturated carbocycles. The Labute approximate surface area is 163 Å². The standard InChI is InChI=1S/C20H23N5O3/c1-26-20-15-10-14(2-3-17(15)21-13-22-20)25-7-5-24(6-8-25)11-18-16-12-27-9-4-19(16)28-23-18/h2-3,10,13H,4-9,11-12H2,1H3. The van der Waals surface area contributed by atoms with Crippen molar-refractivity contribution in [3.63, 3.8) is 0 Å². The number of hydrogen-bond donors (Lipinski definition) is 0. The molecule has 1 aromatic carbocycles. The Hall–Kier alpha value is -2.71. The van der Waals surface area contributed by atoms with Crippen LogP contribution in [0, 0.1) is 0 Å². The van der Waals surface area contributed by atoms with Gasteiger partial charge in [-0.15, -0.1) is 0 Å². The van der Waals surface area contributed by atoms with E-state index in [0.717, 1.165) is 73.7 Å².